The Morgan fingerprint density at radius 2 is 1.78 bits per heavy atom. The highest BCUT2D eigenvalue weighted by atomic mass is 32.1. The van der Waals surface area contributed by atoms with Crippen molar-refractivity contribution in [2.45, 2.75) is 13.5 Å². The van der Waals surface area contributed by atoms with Crippen LogP contribution in [0.1, 0.15) is 16.7 Å². The van der Waals surface area contributed by atoms with Crippen LogP contribution < -0.4 is 20.6 Å². The molecule has 0 amide bonds. The SMILES string of the molecule is Cc1cccc(COc2ccccc2C=[NH+]NC(=S)Nc2ccccc2)c1. The summed E-state index contributed by atoms with van der Waals surface area (Å²) in [6.07, 6.45) is 1.82. The summed E-state index contributed by atoms with van der Waals surface area (Å²) in [6, 6.07) is 25.9. The number of hydrogen-bond acceptors (Lipinski definition) is 2. The first-order valence-corrected chi connectivity index (χ1v) is 9.10. The van der Waals surface area contributed by atoms with Gasteiger partial charge >= 0.3 is 0 Å². The predicted molar refractivity (Wildman–Crippen MR) is 114 cm³/mol. The lowest BCUT2D eigenvalue weighted by atomic mass is 10.1. The maximum Gasteiger partial charge on any atom is 0.228 e. The fraction of sp³-hybridized carbons (Fsp3) is 0.0909. The number of aryl methyl sites for hydroxylation is 1. The number of para-hydroxylation sites is 2. The maximum atomic E-state index is 5.98. The zero-order valence-electron chi connectivity index (χ0n) is 15.1. The Morgan fingerprint density at radius 3 is 2.59 bits per heavy atom. The van der Waals surface area contributed by atoms with E-state index in [2.05, 4.69) is 41.0 Å². The summed E-state index contributed by atoms with van der Waals surface area (Å²) in [5.41, 5.74) is 7.17. The zero-order chi connectivity index (χ0) is 18.9. The van der Waals surface area contributed by atoms with Crippen LogP contribution in [-0.2, 0) is 6.61 Å². The molecule has 0 aromatic heterocycles. The number of benzene rings is 3. The first-order chi connectivity index (χ1) is 13.2. The highest BCUT2D eigenvalue weighted by Gasteiger charge is 2.05. The van der Waals surface area contributed by atoms with Crippen LogP contribution in [0, 0.1) is 6.92 Å². The second-order valence-corrected chi connectivity index (χ2v) is 6.46. The van der Waals surface area contributed by atoms with E-state index in [1.165, 1.54) is 5.56 Å². The molecule has 0 aliphatic carbocycles. The van der Waals surface area contributed by atoms with Gasteiger partial charge in [0.05, 0.1) is 5.56 Å². The molecule has 4 nitrogen and oxygen atoms in total. The lowest BCUT2D eigenvalue weighted by molar-refractivity contribution is -0.499. The molecule has 0 saturated carbocycles. The predicted octanol–water partition coefficient (Wildman–Crippen LogP) is 2.98. The normalized spacial score (nSPS) is 10.6. The first kappa shape index (κ1) is 18.6. The quantitative estimate of drug-likeness (QED) is 0.352. The van der Waals surface area contributed by atoms with Crippen LogP contribution in [0.25, 0.3) is 0 Å². The molecule has 3 rings (SSSR count). The standard InChI is InChI=1S/C22H21N3OS/c1-17-8-7-9-18(14-17)16-26-21-13-6-5-10-19(21)15-23-25-22(27)24-20-11-3-2-4-12-20/h2-15H,16H2,1H3,(H2,24,25,27)/p+1. The number of anilines is 1. The number of nitrogens with one attached hydrogen (secondary N) is 3. The van der Waals surface area contributed by atoms with Gasteiger partial charge in [0.2, 0.25) is 11.3 Å². The van der Waals surface area contributed by atoms with Gasteiger partial charge in [0.15, 0.2) is 0 Å². The number of thiocarbonyl (C=S) groups is 1. The van der Waals surface area contributed by atoms with E-state index in [1.54, 1.807) is 0 Å². The number of hydrazine groups is 1. The van der Waals surface area contributed by atoms with Gasteiger partial charge in [0.1, 0.15) is 12.4 Å². The first-order valence-electron chi connectivity index (χ1n) is 8.69. The monoisotopic (exact) mass is 376 g/mol. The molecule has 0 heterocycles. The second kappa shape index (κ2) is 9.50. The maximum absolute atomic E-state index is 5.98. The molecule has 0 aliphatic heterocycles. The van der Waals surface area contributed by atoms with Gasteiger partial charge < -0.3 is 10.1 Å². The molecule has 0 bridgehead atoms. The number of rotatable bonds is 6. The summed E-state index contributed by atoms with van der Waals surface area (Å²) in [5, 5.41) is 6.59. The van der Waals surface area contributed by atoms with Crippen molar-refractivity contribution in [3.63, 3.8) is 0 Å². The van der Waals surface area contributed by atoms with Gasteiger partial charge in [-0.15, -0.1) is 10.5 Å². The molecule has 27 heavy (non-hydrogen) atoms. The molecule has 5 heteroatoms. The van der Waals surface area contributed by atoms with Crippen LogP contribution in [0.5, 0.6) is 5.75 Å². The molecular formula is C22H22N3OS+. The highest BCUT2D eigenvalue weighted by Crippen LogP contribution is 2.17. The van der Waals surface area contributed by atoms with E-state index >= 15 is 0 Å². The van der Waals surface area contributed by atoms with Crippen molar-refractivity contribution in [3.05, 3.63) is 95.6 Å². The fourth-order valence-corrected chi connectivity index (χ4v) is 2.73. The summed E-state index contributed by atoms with van der Waals surface area (Å²) >= 11 is 5.28. The molecule has 0 atom stereocenters. The van der Waals surface area contributed by atoms with Crippen molar-refractivity contribution in [1.82, 2.24) is 5.43 Å². The molecule has 3 aromatic carbocycles. The molecular weight excluding hydrogens is 354 g/mol. The summed E-state index contributed by atoms with van der Waals surface area (Å²) in [4.78, 5) is 0. The van der Waals surface area contributed by atoms with Gasteiger partial charge in [-0.2, -0.15) is 0 Å². The molecule has 0 spiro atoms. The molecule has 0 fully saturated rings. The van der Waals surface area contributed by atoms with E-state index in [0.29, 0.717) is 11.7 Å². The van der Waals surface area contributed by atoms with Crippen LogP contribution >= 0.6 is 12.2 Å². The Labute approximate surface area is 164 Å². The molecule has 0 saturated heterocycles. The molecule has 0 radical (unpaired) electrons. The third kappa shape index (κ3) is 5.94. The minimum Gasteiger partial charge on any atom is -0.488 e. The number of hydrazone groups is 1. The lowest BCUT2D eigenvalue weighted by Crippen LogP contribution is -2.82. The second-order valence-electron chi connectivity index (χ2n) is 6.05. The van der Waals surface area contributed by atoms with Crippen LogP contribution in [0.4, 0.5) is 5.69 Å². The van der Waals surface area contributed by atoms with Crippen molar-refractivity contribution in [2.75, 3.05) is 5.32 Å². The minimum atomic E-state index is 0.482. The topological polar surface area (TPSA) is 47.3 Å². The summed E-state index contributed by atoms with van der Waals surface area (Å²) in [7, 11) is 0. The number of hydrogen-bond donors (Lipinski definition) is 3. The Morgan fingerprint density at radius 1 is 1.00 bits per heavy atom. The van der Waals surface area contributed by atoms with Crippen molar-refractivity contribution in [3.8, 4) is 5.75 Å². The average molecular weight is 377 g/mol. The Bertz CT molecular complexity index is 926. The van der Waals surface area contributed by atoms with Crippen LogP contribution in [-0.4, -0.2) is 11.3 Å². The van der Waals surface area contributed by atoms with E-state index in [4.69, 9.17) is 17.0 Å². The van der Waals surface area contributed by atoms with Crippen molar-refractivity contribution in [2.24, 2.45) is 0 Å². The summed E-state index contributed by atoms with van der Waals surface area (Å²) in [5.74, 6) is 0.801. The van der Waals surface area contributed by atoms with Crippen LogP contribution in [0.2, 0.25) is 0 Å². The van der Waals surface area contributed by atoms with Gasteiger partial charge in [-0.05, 0) is 49.0 Å². The van der Waals surface area contributed by atoms with E-state index in [9.17, 15) is 0 Å². The Kier molecular flexibility index (Phi) is 6.55. The highest BCUT2D eigenvalue weighted by molar-refractivity contribution is 7.80. The van der Waals surface area contributed by atoms with Crippen LogP contribution in [0.3, 0.4) is 0 Å². The van der Waals surface area contributed by atoms with Gasteiger partial charge in [-0.25, -0.2) is 0 Å². The van der Waals surface area contributed by atoms with Crippen molar-refractivity contribution >= 4 is 29.2 Å². The smallest absolute Gasteiger partial charge is 0.228 e. The van der Waals surface area contributed by atoms with E-state index in [0.717, 1.165) is 22.6 Å². The van der Waals surface area contributed by atoms with E-state index in [1.807, 2.05) is 66.9 Å². The van der Waals surface area contributed by atoms with Gasteiger partial charge in [0.25, 0.3) is 0 Å². The van der Waals surface area contributed by atoms with Crippen molar-refractivity contribution < 1.29 is 9.84 Å². The summed E-state index contributed by atoms with van der Waals surface area (Å²) < 4.78 is 5.98. The molecule has 0 aliphatic rings. The molecule has 3 aromatic rings. The van der Waals surface area contributed by atoms with Gasteiger partial charge in [-0.3, -0.25) is 0 Å². The van der Waals surface area contributed by atoms with E-state index < -0.39 is 0 Å². The fourth-order valence-electron chi connectivity index (χ4n) is 2.56. The lowest BCUT2D eigenvalue weighted by Gasteiger charge is -2.08. The zero-order valence-corrected chi connectivity index (χ0v) is 15.9. The van der Waals surface area contributed by atoms with Gasteiger partial charge in [-0.1, -0.05) is 60.2 Å². The third-order valence-electron chi connectivity index (χ3n) is 3.84. The minimum absolute atomic E-state index is 0.482. The molecule has 3 N–H and O–H groups in total. The van der Waals surface area contributed by atoms with Crippen LogP contribution in [0.15, 0.2) is 78.9 Å². The Balaban J connectivity index is 1.58. The Hall–Kier alpha value is -3.18. The number of ether oxygens (including phenoxy) is 1. The molecule has 0 unspecified atom stereocenters. The largest absolute Gasteiger partial charge is 0.488 e. The third-order valence-corrected chi connectivity index (χ3v) is 4.04. The van der Waals surface area contributed by atoms with Crippen molar-refractivity contribution in [1.29, 1.82) is 0 Å². The average Bonchev–Trinajstić information content (AvgIpc) is 2.68. The summed E-state index contributed by atoms with van der Waals surface area (Å²) in [6.45, 7) is 2.60. The van der Waals surface area contributed by atoms with E-state index in [-0.39, 0.29) is 0 Å². The van der Waals surface area contributed by atoms with Gasteiger partial charge in [0, 0.05) is 5.69 Å². The molecule has 136 valence electrons.